The quantitative estimate of drug-likeness (QED) is 0.406. The number of rotatable bonds is 8. The fourth-order valence-electron chi connectivity index (χ4n) is 3.18. The Labute approximate surface area is 171 Å². The van der Waals surface area contributed by atoms with Crippen molar-refractivity contribution < 1.29 is 14.3 Å². The van der Waals surface area contributed by atoms with E-state index in [0.717, 1.165) is 17.0 Å². The maximum absolute atomic E-state index is 12.4. The number of nitrogens with zero attached hydrogens (tertiary/aromatic N) is 2. The molecule has 7 heteroatoms. The van der Waals surface area contributed by atoms with Crippen molar-refractivity contribution in [2.45, 2.75) is 19.0 Å². The summed E-state index contributed by atoms with van der Waals surface area (Å²) in [7, 11) is 3.38. The van der Waals surface area contributed by atoms with Crippen LogP contribution in [-0.4, -0.2) is 51.8 Å². The van der Waals surface area contributed by atoms with Gasteiger partial charge >= 0.3 is 0 Å². The van der Waals surface area contributed by atoms with E-state index in [9.17, 15) is 4.79 Å². The van der Waals surface area contributed by atoms with Gasteiger partial charge in [0.15, 0.2) is 5.96 Å². The largest absolute Gasteiger partial charge is 0.491 e. The molecule has 1 atom stereocenters. The Morgan fingerprint density at radius 2 is 1.90 bits per heavy atom. The molecule has 1 aliphatic heterocycles. The van der Waals surface area contributed by atoms with Crippen LogP contribution in [0.5, 0.6) is 5.75 Å². The molecular weight excluding hydrogens is 368 g/mol. The number of hydrogen-bond donors (Lipinski definition) is 2. The summed E-state index contributed by atoms with van der Waals surface area (Å²) in [5.74, 6) is 1.62. The molecule has 0 aliphatic carbocycles. The number of anilines is 1. The zero-order valence-electron chi connectivity index (χ0n) is 16.9. The van der Waals surface area contributed by atoms with Crippen molar-refractivity contribution in [3.63, 3.8) is 0 Å². The minimum Gasteiger partial charge on any atom is -0.491 e. The Hall–Kier alpha value is -3.06. The van der Waals surface area contributed by atoms with Gasteiger partial charge in [0.2, 0.25) is 5.91 Å². The van der Waals surface area contributed by atoms with Gasteiger partial charge in [-0.1, -0.05) is 30.3 Å². The number of carbonyl (C=O) groups excluding carboxylic acids is 1. The van der Waals surface area contributed by atoms with Crippen LogP contribution in [0.3, 0.4) is 0 Å². The predicted octanol–water partition coefficient (Wildman–Crippen LogP) is 2.18. The van der Waals surface area contributed by atoms with Crippen LogP contribution in [0.1, 0.15) is 12.0 Å². The summed E-state index contributed by atoms with van der Waals surface area (Å²) in [5.41, 5.74) is 2.04. The van der Waals surface area contributed by atoms with Crippen molar-refractivity contribution in [3.8, 4) is 5.75 Å². The summed E-state index contributed by atoms with van der Waals surface area (Å²) >= 11 is 0. The Balaban J connectivity index is 1.48. The molecule has 29 heavy (non-hydrogen) atoms. The molecule has 3 rings (SSSR count). The standard InChI is InChI=1S/C22H28N4O3/c1-23-22(24-15-17-8-10-20(11-9-17)29-13-12-28-2)25-18-14-21(27)26(16-18)19-6-4-3-5-7-19/h3-11,18H,12-16H2,1-2H3,(H2,23,24,25). The third kappa shape index (κ3) is 5.96. The summed E-state index contributed by atoms with van der Waals surface area (Å²) in [6.45, 7) is 2.35. The molecule has 1 amide bonds. The normalized spacial score (nSPS) is 16.8. The molecular formula is C22H28N4O3. The number of nitrogens with one attached hydrogen (secondary N) is 2. The van der Waals surface area contributed by atoms with Gasteiger partial charge in [-0.15, -0.1) is 0 Å². The molecule has 0 aromatic heterocycles. The summed E-state index contributed by atoms with van der Waals surface area (Å²) in [5, 5.41) is 6.65. The van der Waals surface area contributed by atoms with E-state index in [1.54, 1.807) is 14.2 Å². The Morgan fingerprint density at radius 3 is 2.59 bits per heavy atom. The Kier molecular flexibility index (Phi) is 7.47. The van der Waals surface area contributed by atoms with E-state index in [1.807, 2.05) is 59.5 Å². The van der Waals surface area contributed by atoms with Crippen molar-refractivity contribution in [1.82, 2.24) is 10.6 Å². The van der Waals surface area contributed by atoms with E-state index >= 15 is 0 Å². The van der Waals surface area contributed by atoms with Gasteiger partial charge in [-0.05, 0) is 29.8 Å². The van der Waals surface area contributed by atoms with Gasteiger partial charge in [-0.2, -0.15) is 0 Å². The molecule has 7 nitrogen and oxygen atoms in total. The summed E-state index contributed by atoms with van der Waals surface area (Å²) < 4.78 is 10.6. The molecule has 1 unspecified atom stereocenters. The number of amides is 1. The lowest BCUT2D eigenvalue weighted by molar-refractivity contribution is -0.117. The smallest absolute Gasteiger partial charge is 0.229 e. The van der Waals surface area contributed by atoms with E-state index < -0.39 is 0 Å². The number of para-hydroxylation sites is 1. The fourth-order valence-corrected chi connectivity index (χ4v) is 3.18. The van der Waals surface area contributed by atoms with Gasteiger partial charge in [0.25, 0.3) is 0 Å². The van der Waals surface area contributed by atoms with E-state index in [2.05, 4.69) is 15.6 Å². The van der Waals surface area contributed by atoms with Crippen LogP contribution in [0.4, 0.5) is 5.69 Å². The van der Waals surface area contributed by atoms with Gasteiger partial charge < -0.3 is 25.0 Å². The molecule has 1 saturated heterocycles. The Morgan fingerprint density at radius 1 is 1.14 bits per heavy atom. The van der Waals surface area contributed by atoms with Crippen molar-refractivity contribution in [1.29, 1.82) is 0 Å². The zero-order valence-corrected chi connectivity index (χ0v) is 16.9. The van der Waals surface area contributed by atoms with Crippen LogP contribution in [-0.2, 0) is 16.1 Å². The van der Waals surface area contributed by atoms with Crippen LogP contribution in [0.15, 0.2) is 59.6 Å². The SMILES string of the molecule is CN=C(NCc1ccc(OCCOC)cc1)NC1CC(=O)N(c2ccccc2)C1. The van der Waals surface area contributed by atoms with Gasteiger partial charge in [-0.3, -0.25) is 9.79 Å². The maximum Gasteiger partial charge on any atom is 0.229 e. The molecule has 2 aromatic rings. The van der Waals surface area contributed by atoms with Crippen molar-refractivity contribution in [2.24, 2.45) is 4.99 Å². The van der Waals surface area contributed by atoms with Gasteiger partial charge in [0.05, 0.1) is 12.6 Å². The second-order valence-corrected chi connectivity index (χ2v) is 6.80. The number of ether oxygens (including phenoxy) is 2. The summed E-state index contributed by atoms with van der Waals surface area (Å²) in [4.78, 5) is 18.5. The molecule has 2 aromatic carbocycles. The number of guanidine groups is 1. The molecule has 0 radical (unpaired) electrons. The number of methoxy groups -OCH3 is 1. The van der Waals surface area contributed by atoms with E-state index in [0.29, 0.717) is 38.7 Å². The lowest BCUT2D eigenvalue weighted by atomic mass is 10.2. The van der Waals surface area contributed by atoms with Crippen LogP contribution < -0.4 is 20.3 Å². The first kappa shape index (κ1) is 20.7. The van der Waals surface area contributed by atoms with Crippen LogP contribution >= 0.6 is 0 Å². The topological polar surface area (TPSA) is 75.2 Å². The molecule has 1 fully saturated rings. The molecule has 154 valence electrons. The summed E-state index contributed by atoms with van der Waals surface area (Å²) in [6.07, 6.45) is 0.448. The first-order chi connectivity index (χ1) is 14.2. The number of carbonyl (C=O) groups is 1. The third-order valence-electron chi connectivity index (χ3n) is 4.70. The second-order valence-electron chi connectivity index (χ2n) is 6.80. The number of aliphatic imine (C=N–C) groups is 1. The van der Waals surface area contributed by atoms with Crippen molar-refractivity contribution >= 4 is 17.6 Å². The minimum atomic E-state index is 0.0190. The van der Waals surface area contributed by atoms with Crippen molar-refractivity contribution in [2.75, 3.05) is 38.8 Å². The highest BCUT2D eigenvalue weighted by atomic mass is 16.5. The van der Waals surface area contributed by atoms with Gasteiger partial charge in [0, 0.05) is 39.4 Å². The number of hydrogen-bond acceptors (Lipinski definition) is 4. The molecule has 0 saturated carbocycles. The first-order valence-electron chi connectivity index (χ1n) is 9.73. The monoisotopic (exact) mass is 396 g/mol. The van der Waals surface area contributed by atoms with E-state index in [1.165, 1.54) is 0 Å². The maximum atomic E-state index is 12.4. The highest BCUT2D eigenvalue weighted by molar-refractivity contribution is 5.97. The first-order valence-corrected chi connectivity index (χ1v) is 9.73. The van der Waals surface area contributed by atoms with Crippen LogP contribution in [0.25, 0.3) is 0 Å². The molecule has 0 bridgehead atoms. The molecule has 1 heterocycles. The average Bonchev–Trinajstić information content (AvgIpc) is 3.13. The molecule has 2 N–H and O–H groups in total. The second kappa shape index (κ2) is 10.5. The average molecular weight is 396 g/mol. The molecule has 1 aliphatic rings. The highest BCUT2D eigenvalue weighted by Crippen LogP contribution is 2.21. The Bertz CT molecular complexity index is 809. The lowest BCUT2D eigenvalue weighted by Gasteiger charge is -2.19. The van der Waals surface area contributed by atoms with Gasteiger partial charge in [-0.25, -0.2) is 0 Å². The van der Waals surface area contributed by atoms with Crippen LogP contribution in [0.2, 0.25) is 0 Å². The van der Waals surface area contributed by atoms with Crippen LogP contribution in [0, 0.1) is 0 Å². The lowest BCUT2D eigenvalue weighted by Crippen LogP contribution is -2.44. The fraction of sp³-hybridized carbons (Fsp3) is 0.364. The minimum absolute atomic E-state index is 0.0190. The van der Waals surface area contributed by atoms with Crippen molar-refractivity contribution in [3.05, 3.63) is 60.2 Å². The van der Waals surface area contributed by atoms with E-state index in [4.69, 9.17) is 9.47 Å². The zero-order chi connectivity index (χ0) is 20.5. The van der Waals surface area contributed by atoms with E-state index in [-0.39, 0.29) is 11.9 Å². The van der Waals surface area contributed by atoms with Gasteiger partial charge in [0.1, 0.15) is 12.4 Å². The summed E-state index contributed by atoms with van der Waals surface area (Å²) in [6, 6.07) is 17.7. The molecule has 0 spiro atoms. The predicted molar refractivity (Wildman–Crippen MR) is 114 cm³/mol. The third-order valence-corrected chi connectivity index (χ3v) is 4.70. The number of benzene rings is 2. The highest BCUT2D eigenvalue weighted by Gasteiger charge is 2.30.